The van der Waals surface area contributed by atoms with Gasteiger partial charge in [0.2, 0.25) is 5.95 Å². The number of nitrogens with two attached hydrogens (primary N) is 1. The molecule has 0 aliphatic carbocycles. The molecule has 3 aromatic rings. The molecule has 0 radical (unpaired) electrons. The molecule has 4 rings (SSSR count). The highest BCUT2D eigenvalue weighted by molar-refractivity contribution is 6.30. The van der Waals surface area contributed by atoms with Crippen molar-refractivity contribution in [3.05, 3.63) is 59.1 Å². The van der Waals surface area contributed by atoms with Gasteiger partial charge in [-0.1, -0.05) is 23.7 Å². The predicted molar refractivity (Wildman–Crippen MR) is 98.5 cm³/mol. The van der Waals surface area contributed by atoms with Crippen molar-refractivity contribution >= 4 is 23.5 Å². The molecule has 8 heteroatoms. The lowest BCUT2D eigenvalue weighted by Gasteiger charge is -2.25. The molecule has 1 aromatic carbocycles. The number of H-pyrrole nitrogens is 1. The van der Waals surface area contributed by atoms with Crippen LogP contribution in [0.25, 0.3) is 11.1 Å². The first-order valence-corrected chi connectivity index (χ1v) is 8.70. The summed E-state index contributed by atoms with van der Waals surface area (Å²) in [5, 5.41) is 7.26. The first kappa shape index (κ1) is 16.5. The zero-order valence-electron chi connectivity index (χ0n) is 13.9. The smallest absolute Gasteiger partial charge is 0.272 e. The number of carbonyl (C=O) groups excluding carboxylic acids is 1. The number of anilines is 1. The van der Waals surface area contributed by atoms with Crippen LogP contribution in [-0.4, -0.2) is 37.5 Å². The Morgan fingerprint density at radius 2 is 2.08 bits per heavy atom. The second-order valence-corrected chi connectivity index (χ2v) is 6.60. The summed E-state index contributed by atoms with van der Waals surface area (Å²) in [5.74, 6) is 0.0998. The van der Waals surface area contributed by atoms with Crippen molar-refractivity contribution in [1.29, 1.82) is 0 Å². The zero-order valence-corrected chi connectivity index (χ0v) is 14.6. The van der Waals surface area contributed by atoms with Crippen LogP contribution in [0.5, 0.6) is 0 Å². The van der Waals surface area contributed by atoms with Crippen LogP contribution >= 0.6 is 11.6 Å². The van der Waals surface area contributed by atoms with E-state index in [1.54, 1.807) is 18.5 Å². The number of hydrogen-bond donors (Lipinski definition) is 2. The Hall–Kier alpha value is -2.93. The standard InChI is InChI=1S/C18H17ClN6O/c19-12-5-3-11(4-6-12)13-10-21-18(20)23-16(13)15-2-1-9-25(15)17(26)14-7-8-22-24-14/h3-8,10,15H,1-2,9H2,(H,22,24)(H2,20,21,23)/t15-/m1/s1. The minimum atomic E-state index is -0.165. The van der Waals surface area contributed by atoms with E-state index in [0.717, 1.165) is 29.7 Å². The van der Waals surface area contributed by atoms with Crippen LogP contribution in [0.1, 0.15) is 35.1 Å². The summed E-state index contributed by atoms with van der Waals surface area (Å²) in [4.78, 5) is 23.3. The molecule has 0 saturated carbocycles. The van der Waals surface area contributed by atoms with Crippen LogP contribution in [0.3, 0.4) is 0 Å². The van der Waals surface area contributed by atoms with Gasteiger partial charge in [-0.2, -0.15) is 5.10 Å². The van der Waals surface area contributed by atoms with Crippen LogP contribution in [0.4, 0.5) is 5.95 Å². The minimum absolute atomic E-state index is 0.0933. The van der Waals surface area contributed by atoms with Gasteiger partial charge in [-0.05, 0) is 36.6 Å². The summed E-state index contributed by atoms with van der Waals surface area (Å²) in [5.41, 5.74) is 8.86. The monoisotopic (exact) mass is 368 g/mol. The number of carbonyl (C=O) groups is 1. The quantitative estimate of drug-likeness (QED) is 0.739. The molecular weight excluding hydrogens is 352 g/mol. The fraction of sp³-hybridized carbons (Fsp3) is 0.222. The van der Waals surface area contributed by atoms with Crippen LogP contribution in [0, 0.1) is 0 Å². The highest BCUT2D eigenvalue weighted by Gasteiger charge is 2.34. The predicted octanol–water partition coefficient (Wildman–Crippen LogP) is 3.08. The van der Waals surface area contributed by atoms with Gasteiger partial charge in [-0.3, -0.25) is 9.89 Å². The van der Waals surface area contributed by atoms with Gasteiger partial charge in [-0.15, -0.1) is 0 Å². The third-order valence-corrected chi connectivity index (χ3v) is 4.80. The van der Waals surface area contributed by atoms with E-state index in [2.05, 4.69) is 20.2 Å². The molecular formula is C18H17ClN6O. The average Bonchev–Trinajstić information content (AvgIpc) is 3.34. The van der Waals surface area contributed by atoms with E-state index >= 15 is 0 Å². The topological polar surface area (TPSA) is 101 Å². The Bertz CT molecular complexity index is 925. The fourth-order valence-corrected chi connectivity index (χ4v) is 3.46. The molecule has 0 spiro atoms. The maximum absolute atomic E-state index is 12.8. The van der Waals surface area contributed by atoms with E-state index in [0.29, 0.717) is 17.3 Å². The van der Waals surface area contributed by atoms with Crippen LogP contribution in [0.2, 0.25) is 5.02 Å². The SMILES string of the molecule is Nc1ncc(-c2ccc(Cl)cc2)c([C@H]2CCCN2C(=O)c2ccn[nH]2)n1. The number of likely N-dealkylation sites (tertiary alicyclic amines) is 1. The van der Waals surface area contributed by atoms with Gasteiger partial charge in [0.25, 0.3) is 5.91 Å². The van der Waals surface area contributed by atoms with Gasteiger partial charge in [0.1, 0.15) is 5.69 Å². The average molecular weight is 369 g/mol. The number of rotatable bonds is 3. The van der Waals surface area contributed by atoms with E-state index < -0.39 is 0 Å². The molecule has 26 heavy (non-hydrogen) atoms. The molecule has 0 unspecified atom stereocenters. The number of nitrogens with one attached hydrogen (secondary N) is 1. The second-order valence-electron chi connectivity index (χ2n) is 6.16. The maximum Gasteiger partial charge on any atom is 0.272 e. The Morgan fingerprint density at radius 1 is 1.27 bits per heavy atom. The van der Waals surface area contributed by atoms with Crippen LogP contribution in [0.15, 0.2) is 42.7 Å². The van der Waals surface area contributed by atoms with E-state index in [-0.39, 0.29) is 17.9 Å². The van der Waals surface area contributed by atoms with Crippen molar-refractivity contribution in [3.8, 4) is 11.1 Å². The van der Waals surface area contributed by atoms with E-state index in [4.69, 9.17) is 17.3 Å². The third-order valence-electron chi connectivity index (χ3n) is 4.55. The summed E-state index contributed by atoms with van der Waals surface area (Å²) >= 11 is 6.00. The Kier molecular flexibility index (Phi) is 4.30. The van der Waals surface area contributed by atoms with E-state index in [1.165, 1.54) is 0 Å². The first-order valence-electron chi connectivity index (χ1n) is 8.32. The summed E-state index contributed by atoms with van der Waals surface area (Å²) in [6.45, 7) is 0.659. The molecule has 1 fully saturated rings. The molecule has 1 saturated heterocycles. The number of hydrogen-bond acceptors (Lipinski definition) is 5. The van der Waals surface area contributed by atoms with Crippen molar-refractivity contribution in [2.75, 3.05) is 12.3 Å². The van der Waals surface area contributed by atoms with Crippen LogP contribution in [-0.2, 0) is 0 Å². The number of aromatic nitrogens is 4. The molecule has 7 nitrogen and oxygen atoms in total. The van der Waals surface area contributed by atoms with Crippen molar-refractivity contribution in [3.63, 3.8) is 0 Å². The number of benzene rings is 1. The lowest BCUT2D eigenvalue weighted by Crippen LogP contribution is -2.31. The summed E-state index contributed by atoms with van der Waals surface area (Å²) in [6.07, 6.45) is 4.99. The molecule has 132 valence electrons. The summed E-state index contributed by atoms with van der Waals surface area (Å²) < 4.78 is 0. The van der Waals surface area contributed by atoms with Gasteiger partial charge in [0.05, 0.1) is 11.7 Å². The van der Waals surface area contributed by atoms with Crippen LogP contribution < -0.4 is 5.73 Å². The highest BCUT2D eigenvalue weighted by Crippen LogP contribution is 2.37. The lowest BCUT2D eigenvalue weighted by molar-refractivity contribution is 0.0727. The molecule has 1 atom stereocenters. The Balaban J connectivity index is 1.75. The molecule has 3 heterocycles. The number of halogens is 1. The van der Waals surface area contributed by atoms with Crippen molar-refractivity contribution in [1.82, 2.24) is 25.1 Å². The number of nitrogens with zero attached hydrogens (tertiary/aromatic N) is 4. The van der Waals surface area contributed by atoms with Gasteiger partial charge in [0, 0.05) is 29.5 Å². The zero-order chi connectivity index (χ0) is 18.1. The number of aromatic amines is 1. The number of nitrogen functional groups attached to an aromatic ring is 1. The third kappa shape index (κ3) is 3.01. The molecule has 1 amide bonds. The van der Waals surface area contributed by atoms with Gasteiger partial charge in [0.15, 0.2) is 0 Å². The van der Waals surface area contributed by atoms with Crippen molar-refractivity contribution < 1.29 is 4.79 Å². The maximum atomic E-state index is 12.8. The molecule has 2 aromatic heterocycles. The van der Waals surface area contributed by atoms with Crippen molar-refractivity contribution in [2.45, 2.75) is 18.9 Å². The Labute approximate surface area is 155 Å². The number of amides is 1. The first-order chi connectivity index (χ1) is 12.6. The lowest BCUT2D eigenvalue weighted by atomic mass is 10.00. The second kappa shape index (κ2) is 6.76. The minimum Gasteiger partial charge on any atom is -0.368 e. The Morgan fingerprint density at radius 3 is 2.81 bits per heavy atom. The van der Waals surface area contributed by atoms with E-state index in [1.807, 2.05) is 29.2 Å². The fourth-order valence-electron chi connectivity index (χ4n) is 3.34. The molecule has 1 aliphatic heterocycles. The van der Waals surface area contributed by atoms with Gasteiger partial charge in [-0.25, -0.2) is 9.97 Å². The summed E-state index contributed by atoms with van der Waals surface area (Å²) in [6, 6.07) is 8.97. The molecule has 0 bridgehead atoms. The molecule has 3 N–H and O–H groups in total. The largest absolute Gasteiger partial charge is 0.368 e. The molecule has 1 aliphatic rings. The summed E-state index contributed by atoms with van der Waals surface area (Å²) in [7, 11) is 0. The van der Waals surface area contributed by atoms with Gasteiger partial charge >= 0.3 is 0 Å². The highest BCUT2D eigenvalue weighted by atomic mass is 35.5. The normalized spacial score (nSPS) is 16.8. The van der Waals surface area contributed by atoms with Gasteiger partial charge < -0.3 is 10.6 Å². The van der Waals surface area contributed by atoms with Crippen molar-refractivity contribution in [2.24, 2.45) is 0 Å². The van der Waals surface area contributed by atoms with E-state index in [9.17, 15) is 4.79 Å².